The van der Waals surface area contributed by atoms with Gasteiger partial charge < -0.3 is 9.84 Å². The zero-order valence-electron chi connectivity index (χ0n) is 17.0. The maximum absolute atomic E-state index is 12.9. The number of rotatable bonds is 13. The molecule has 0 aliphatic carbocycles. The Hall–Kier alpha value is -2.09. The average molecular weight is 454 g/mol. The quantitative estimate of drug-likeness (QED) is 0.407. The first-order valence-corrected chi connectivity index (χ1v) is 11.8. The van der Waals surface area contributed by atoms with E-state index in [2.05, 4.69) is 4.72 Å². The summed E-state index contributed by atoms with van der Waals surface area (Å²) in [5, 5.41) is 9.16. The molecule has 0 aliphatic heterocycles. The van der Waals surface area contributed by atoms with Crippen LogP contribution in [0, 0.1) is 0 Å². The number of hydrogen-bond donors (Lipinski definition) is 2. The summed E-state index contributed by atoms with van der Waals surface area (Å²) in [4.78, 5) is 10.7. The highest BCUT2D eigenvalue weighted by molar-refractivity contribution is 7.89. The van der Waals surface area contributed by atoms with Gasteiger partial charge in [0.1, 0.15) is 5.75 Å². The average Bonchev–Trinajstić information content (AvgIpc) is 2.72. The highest BCUT2D eigenvalue weighted by atomic mass is 35.5. The lowest BCUT2D eigenvalue weighted by atomic mass is 10.0. The molecule has 0 bridgehead atoms. The van der Waals surface area contributed by atoms with Crippen LogP contribution < -0.4 is 9.46 Å². The lowest BCUT2D eigenvalue weighted by molar-refractivity contribution is -0.137. The topological polar surface area (TPSA) is 92.7 Å². The van der Waals surface area contributed by atoms with Crippen LogP contribution in [0.2, 0.25) is 5.02 Å². The second kappa shape index (κ2) is 11.9. The van der Waals surface area contributed by atoms with Gasteiger partial charge in [-0.25, -0.2) is 13.1 Å². The van der Waals surface area contributed by atoms with Crippen molar-refractivity contribution in [2.45, 2.75) is 55.9 Å². The Bertz CT molecular complexity index is 898. The van der Waals surface area contributed by atoms with Gasteiger partial charge in [-0.3, -0.25) is 4.79 Å². The summed E-state index contributed by atoms with van der Waals surface area (Å²) in [5.41, 5.74) is 0.860. The SMILES string of the molecule is COc1ccc(C(CCCCCCCC(=O)O)NS(=O)(=O)c2ccc(Cl)cc2)cc1. The van der Waals surface area contributed by atoms with E-state index in [4.69, 9.17) is 21.4 Å². The van der Waals surface area contributed by atoms with E-state index >= 15 is 0 Å². The summed E-state index contributed by atoms with van der Waals surface area (Å²) >= 11 is 5.87. The molecule has 0 heterocycles. The number of nitrogens with one attached hydrogen (secondary N) is 1. The summed E-state index contributed by atoms with van der Waals surface area (Å²) in [7, 11) is -2.12. The Morgan fingerprint density at radius 3 is 2.20 bits per heavy atom. The van der Waals surface area contributed by atoms with Crippen LogP contribution >= 0.6 is 11.6 Å². The molecular weight excluding hydrogens is 426 g/mol. The van der Waals surface area contributed by atoms with Crippen molar-refractivity contribution in [3.63, 3.8) is 0 Å². The molecule has 2 rings (SSSR count). The number of carbonyl (C=O) groups is 1. The maximum Gasteiger partial charge on any atom is 0.303 e. The van der Waals surface area contributed by atoms with E-state index in [1.165, 1.54) is 12.1 Å². The zero-order chi connectivity index (χ0) is 22.0. The van der Waals surface area contributed by atoms with Crippen LogP contribution in [-0.4, -0.2) is 26.6 Å². The number of ether oxygens (including phenoxy) is 1. The van der Waals surface area contributed by atoms with Crippen LogP contribution in [0.3, 0.4) is 0 Å². The molecule has 0 aromatic heterocycles. The number of carboxylic acid groups (broad SMARTS) is 1. The molecule has 6 nitrogen and oxygen atoms in total. The summed E-state index contributed by atoms with van der Waals surface area (Å²) in [6.45, 7) is 0. The summed E-state index contributed by atoms with van der Waals surface area (Å²) in [5.74, 6) is -0.0670. The molecule has 0 radical (unpaired) electrons. The first-order chi connectivity index (χ1) is 14.3. The number of aliphatic carboxylic acids is 1. The standard InChI is InChI=1S/C22H28ClNO5S/c1-29-19-13-9-17(10-14-19)21(7-5-3-2-4-6-8-22(25)26)24-30(27,28)20-15-11-18(23)12-16-20/h9-16,21,24H,2-8H2,1H3,(H,25,26). The molecular formula is C22H28ClNO5S. The van der Waals surface area contributed by atoms with E-state index in [0.717, 1.165) is 31.2 Å². The summed E-state index contributed by atoms with van der Waals surface area (Å²) < 4.78 is 33.7. The second-order valence-corrected chi connectivity index (χ2v) is 9.25. The lowest BCUT2D eigenvalue weighted by Gasteiger charge is -2.20. The van der Waals surface area contributed by atoms with Gasteiger partial charge in [-0.05, 0) is 54.8 Å². The number of sulfonamides is 1. The Kier molecular flexibility index (Phi) is 9.62. The lowest BCUT2D eigenvalue weighted by Crippen LogP contribution is -2.28. The molecule has 1 atom stereocenters. The maximum atomic E-state index is 12.9. The smallest absolute Gasteiger partial charge is 0.303 e. The van der Waals surface area contributed by atoms with Gasteiger partial charge in [0.2, 0.25) is 10.0 Å². The van der Waals surface area contributed by atoms with Crippen LogP contribution in [0.1, 0.15) is 56.6 Å². The molecule has 2 aromatic rings. The predicted molar refractivity (Wildman–Crippen MR) is 117 cm³/mol. The molecule has 0 saturated carbocycles. The molecule has 0 aliphatic rings. The third kappa shape index (κ3) is 7.97. The van der Waals surface area contributed by atoms with E-state index in [0.29, 0.717) is 23.6 Å². The molecule has 0 spiro atoms. The fourth-order valence-electron chi connectivity index (χ4n) is 3.15. The number of unbranched alkanes of at least 4 members (excludes halogenated alkanes) is 4. The monoisotopic (exact) mass is 453 g/mol. The van der Waals surface area contributed by atoms with Crippen molar-refractivity contribution >= 4 is 27.6 Å². The Morgan fingerprint density at radius 1 is 1.00 bits per heavy atom. The molecule has 30 heavy (non-hydrogen) atoms. The van der Waals surface area contributed by atoms with Crippen molar-refractivity contribution in [1.82, 2.24) is 4.72 Å². The minimum absolute atomic E-state index is 0.166. The number of carboxylic acids is 1. The van der Waals surface area contributed by atoms with E-state index in [1.54, 1.807) is 19.2 Å². The first kappa shape index (κ1) is 24.2. The molecule has 2 N–H and O–H groups in total. The number of hydrogen-bond acceptors (Lipinski definition) is 4. The molecule has 0 saturated heterocycles. The Labute approximate surface area is 183 Å². The van der Waals surface area contributed by atoms with Gasteiger partial charge in [0.15, 0.2) is 0 Å². The molecule has 0 amide bonds. The Balaban J connectivity index is 2.03. The van der Waals surface area contributed by atoms with Crippen molar-refractivity contribution in [2.75, 3.05) is 7.11 Å². The van der Waals surface area contributed by atoms with Gasteiger partial charge in [0.25, 0.3) is 0 Å². The second-order valence-electron chi connectivity index (χ2n) is 7.10. The van der Waals surface area contributed by atoms with Crippen molar-refractivity contribution in [3.05, 3.63) is 59.1 Å². The van der Waals surface area contributed by atoms with Gasteiger partial charge in [-0.15, -0.1) is 0 Å². The number of halogens is 1. The molecule has 0 fully saturated rings. The molecule has 8 heteroatoms. The third-order valence-electron chi connectivity index (χ3n) is 4.82. The normalized spacial score (nSPS) is 12.5. The Morgan fingerprint density at radius 2 is 1.60 bits per heavy atom. The largest absolute Gasteiger partial charge is 0.497 e. The predicted octanol–water partition coefficient (Wildman–Crippen LogP) is 5.18. The van der Waals surface area contributed by atoms with Gasteiger partial charge in [0, 0.05) is 17.5 Å². The van der Waals surface area contributed by atoms with Crippen LogP contribution in [0.5, 0.6) is 5.75 Å². The van der Waals surface area contributed by atoms with E-state index in [9.17, 15) is 13.2 Å². The fraction of sp³-hybridized carbons (Fsp3) is 0.409. The van der Waals surface area contributed by atoms with Crippen LogP contribution in [0.4, 0.5) is 0 Å². The minimum atomic E-state index is -3.71. The van der Waals surface area contributed by atoms with Crippen LogP contribution in [0.15, 0.2) is 53.4 Å². The summed E-state index contributed by atoms with van der Waals surface area (Å²) in [6, 6.07) is 13.0. The number of methoxy groups -OCH3 is 1. The summed E-state index contributed by atoms with van der Waals surface area (Å²) in [6.07, 6.45) is 5.01. The van der Waals surface area contributed by atoms with E-state index in [-0.39, 0.29) is 17.4 Å². The highest BCUT2D eigenvalue weighted by Crippen LogP contribution is 2.25. The van der Waals surface area contributed by atoms with E-state index in [1.807, 2.05) is 24.3 Å². The molecule has 2 aromatic carbocycles. The van der Waals surface area contributed by atoms with Crippen molar-refractivity contribution in [3.8, 4) is 5.75 Å². The van der Waals surface area contributed by atoms with Crippen molar-refractivity contribution < 1.29 is 23.1 Å². The van der Waals surface area contributed by atoms with E-state index < -0.39 is 16.0 Å². The number of benzene rings is 2. The van der Waals surface area contributed by atoms with Crippen molar-refractivity contribution in [2.24, 2.45) is 0 Å². The van der Waals surface area contributed by atoms with Crippen LogP contribution in [0.25, 0.3) is 0 Å². The van der Waals surface area contributed by atoms with Gasteiger partial charge >= 0.3 is 5.97 Å². The van der Waals surface area contributed by atoms with Gasteiger partial charge in [-0.2, -0.15) is 0 Å². The third-order valence-corrected chi connectivity index (χ3v) is 6.56. The molecule has 1 unspecified atom stereocenters. The zero-order valence-corrected chi connectivity index (χ0v) is 18.6. The van der Waals surface area contributed by atoms with Crippen LogP contribution in [-0.2, 0) is 14.8 Å². The fourth-order valence-corrected chi connectivity index (χ4v) is 4.54. The van der Waals surface area contributed by atoms with Gasteiger partial charge in [0.05, 0.1) is 12.0 Å². The minimum Gasteiger partial charge on any atom is -0.497 e. The molecule has 164 valence electrons. The first-order valence-electron chi connectivity index (χ1n) is 9.95. The van der Waals surface area contributed by atoms with Crippen molar-refractivity contribution in [1.29, 1.82) is 0 Å². The van der Waals surface area contributed by atoms with Gasteiger partial charge in [-0.1, -0.05) is 49.4 Å². The highest BCUT2D eigenvalue weighted by Gasteiger charge is 2.21.